The molecule has 0 aromatic carbocycles. The van der Waals surface area contributed by atoms with E-state index in [0.29, 0.717) is 47.8 Å². The molecule has 0 aromatic heterocycles. The number of hydrogen-bond donors (Lipinski definition) is 0. The molecule has 8 aliphatic carbocycles. The van der Waals surface area contributed by atoms with Crippen LogP contribution in [-0.4, -0.2) is 45.8 Å². The molecule has 0 atom stereocenters. The molecule has 0 saturated heterocycles. The van der Waals surface area contributed by atoms with Crippen molar-refractivity contribution in [3.05, 3.63) is 0 Å². The number of carbonyl (C=O) groups is 2. The molecule has 2 amide bonds. The van der Waals surface area contributed by atoms with Crippen LogP contribution in [0.4, 0.5) is 0 Å². The van der Waals surface area contributed by atoms with Crippen molar-refractivity contribution in [2.24, 2.45) is 22.7 Å². The topological polar surface area (TPSA) is 40.6 Å². The Morgan fingerprint density at radius 2 is 0.700 bits per heavy atom. The average Bonchev–Trinajstić information content (AvgIpc) is 2.99. The highest BCUT2D eigenvalue weighted by molar-refractivity contribution is 5.89. The van der Waals surface area contributed by atoms with Crippen LogP contribution in [0.1, 0.15) is 167 Å². The van der Waals surface area contributed by atoms with Gasteiger partial charge in [-0.05, 0) is 102 Å². The normalized spacial score (nSPS) is 37.9. The highest BCUT2D eigenvalue weighted by Crippen LogP contribution is 2.67. The van der Waals surface area contributed by atoms with Gasteiger partial charge in [-0.3, -0.25) is 9.59 Å². The first-order valence-electron chi connectivity index (χ1n) is 18.2. The predicted molar refractivity (Wildman–Crippen MR) is 161 cm³/mol. The molecule has 8 fully saturated rings. The molecule has 4 bridgehead atoms. The van der Waals surface area contributed by atoms with Gasteiger partial charge in [-0.1, -0.05) is 77.0 Å². The van der Waals surface area contributed by atoms with Gasteiger partial charge >= 0.3 is 0 Å². The third-order valence-electron chi connectivity index (χ3n) is 13.3. The second kappa shape index (κ2) is 11.6. The van der Waals surface area contributed by atoms with Crippen LogP contribution in [0.5, 0.6) is 0 Å². The molecule has 0 radical (unpaired) electrons. The fraction of sp³-hybridized carbons (Fsp3) is 0.944. The van der Waals surface area contributed by atoms with Crippen molar-refractivity contribution in [3.8, 4) is 0 Å². The fourth-order valence-corrected chi connectivity index (χ4v) is 12.0. The summed E-state index contributed by atoms with van der Waals surface area (Å²) in [5, 5.41) is 0. The molecule has 0 aromatic rings. The quantitative estimate of drug-likeness (QED) is 0.332. The maximum atomic E-state index is 15.1. The van der Waals surface area contributed by atoms with E-state index in [4.69, 9.17) is 0 Å². The average molecular weight is 551 g/mol. The van der Waals surface area contributed by atoms with Crippen molar-refractivity contribution in [2.45, 2.75) is 191 Å². The number of rotatable bonds is 6. The number of amides is 2. The van der Waals surface area contributed by atoms with Gasteiger partial charge in [0.2, 0.25) is 11.8 Å². The van der Waals surface area contributed by atoms with Gasteiger partial charge in [-0.25, -0.2) is 0 Å². The summed E-state index contributed by atoms with van der Waals surface area (Å²) in [5.41, 5.74) is -0.501. The summed E-state index contributed by atoms with van der Waals surface area (Å²) in [4.78, 5) is 35.3. The van der Waals surface area contributed by atoms with E-state index >= 15 is 9.59 Å². The van der Waals surface area contributed by atoms with Crippen molar-refractivity contribution in [3.63, 3.8) is 0 Å². The zero-order valence-electron chi connectivity index (χ0n) is 25.6. The van der Waals surface area contributed by atoms with Crippen molar-refractivity contribution >= 4 is 11.8 Å². The van der Waals surface area contributed by atoms with Gasteiger partial charge in [0.1, 0.15) is 0 Å². The molecule has 8 rings (SSSR count). The molecule has 0 N–H and O–H groups in total. The van der Waals surface area contributed by atoms with Crippen LogP contribution in [0.3, 0.4) is 0 Å². The number of carbonyl (C=O) groups excluding carboxylic acids is 2. The molecule has 0 unspecified atom stereocenters. The largest absolute Gasteiger partial charge is 0.336 e. The van der Waals surface area contributed by atoms with E-state index in [1.54, 1.807) is 0 Å². The molecule has 0 heterocycles. The van der Waals surface area contributed by atoms with E-state index in [-0.39, 0.29) is 10.8 Å². The summed E-state index contributed by atoms with van der Waals surface area (Å²) in [6.45, 7) is 0. The van der Waals surface area contributed by atoms with E-state index in [1.165, 1.54) is 135 Å². The van der Waals surface area contributed by atoms with E-state index < -0.39 is 0 Å². The molecule has 40 heavy (non-hydrogen) atoms. The molecule has 0 spiro atoms. The van der Waals surface area contributed by atoms with Crippen LogP contribution in [0.15, 0.2) is 0 Å². The van der Waals surface area contributed by atoms with Crippen LogP contribution in [-0.2, 0) is 9.59 Å². The van der Waals surface area contributed by atoms with Gasteiger partial charge in [0.25, 0.3) is 0 Å². The van der Waals surface area contributed by atoms with Crippen LogP contribution >= 0.6 is 0 Å². The van der Waals surface area contributed by atoms with Crippen LogP contribution in [0.25, 0.3) is 0 Å². The van der Waals surface area contributed by atoms with E-state index in [9.17, 15) is 0 Å². The van der Waals surface area contributed by atoms with Crippen LogP contribution in [0.2, 0.25) is 0 Å². The summed E-state index contributed by atoms with van der Waals surface area (Å²) in [6, 6.07) is 1.85. The Morgan fingerprint density at radius 1 is 0.425 bits per heavy atom. The predicted octanol–water partition coefficient (Wildman–Crippen LogP) is 8.56. The Balaban J connectivity index is 1.20. The maximum absolute atomic E-state index is 15.1. The Labute approximate surface area is 244 Å². The third-order valence-corrected chi connectivity index (χ3v) is 13.3. The highest BCUT2D eigenvalue weighted by Gasteiger charge is 2.65. The summed E-state index contributed by atoms with van der Waals surface area (Å²) >= 11 is 0. The second-order valence-corrected chi connectivity index (χ2v) is 16.1. The van der Waals surface area contributed by atoms with Crippen molar-refractivity contribution in [2.75, 3.05) is 0 Å². The minimum absolute atomic E-state index is 0.251. The van der Waals surface area contributed by atoms with Gasteiger partial charge < -0.3 is 9.80 Å². The molecule has 224 valence electrons. The van der Waals surface area contributed by atoms with E-state index in [1.807, 2.05) is 0 Å². The van der Waals surface area contributed by atoms with Crippen LogP contribution < -0.4 is 0 Å². The minimum atomic E-state index is -0.251. The first-order chi connectivity index (χ1) is 19.6. The van der Waals surface area contributed by atoms with Gasteiger partial charge in [-0.15, -0.1) is 0 Å². The lowest BCUT2D eigenvalue weighted by Gasteiger charge is -2.63. The summed E-state index contributed by atoms with van der Waals surface area (Å²) in [6.07, 6.45) is 31.9. The monoisotopic (exact) mass is 550 g/mol. The molecular formula is C36H58N2O2. The van der Waals surface area contributed by atoms with Crippen molar-refractivity contribution < 1.29 is 9.59 Å². The zero-order chi connectivity index (χ0) is 27.2. The zero-order valence-corrected chi connectivity index (χ0v) is 25.6. The Morgan fingerprint density at radius 3 is 0.975 bits per heavy atom. The first-order valence-corrected chi connectivity index (χ1v) is 18.2. The smallest absolute Gasteiger partial charge is 0.229 e. The highest BCUT2D eigenvalue weighted by atomic mass is 16.2. The van der Waals surface area contributed by atoms with E-state index in [0.717, 1.165) is 32.1 Å². The summed E-state index contributed by atoms with van der Waals surface area (Å²) in [7, 11) is 0. The Bertz CT molecular complexity index is 786. The lowest BCUT2D eigenvalue weighted by molar-refractivity contribution is -0.186. The minimum Gasteiger partial charge on any atom is -0.336 e. The molecule has 8 saturated carbocycles. The summed E-state index contributed by atoms with van der Waals surface area (Å²) < 4.78 is 0. The van der Waals surface area contributed by atoms with Crippen LogP contribution in [0, 0.1) is 22.7 Å². The SMILES string of the molecule is O=C(N(C1CCCCC1)C1CCCCC1)C12CC3CC(C1)CC(C(=O)N(C1CCCCC1)C1CCCCC1)(C3)C2. The lowest BCUT2D eigenvalue weighted by Crippen LogP contribution is -2.65. The van der Waals surface area contributed by atoms with Gasteiger partial charge in [0.15, 0.2) is 0 Å². The molecule has 8 aliphatic rings. The maximum Gasteiger partial charge on any atom is 0.229 e. The van der Waals surface area contributed by atoms with Crippen molar-refractivity contribution in [1.82, 2.24) is 9.80 Å². The van der Waals surface area contributed by atoms with E-state index in [2.05, 4.69) is 9.80 Å². The van der Waals surface area contributed by atoms with Gasteiger partial charge in [0.05, 0.1) is 10.8 Å². The summed E-state index contributed by atoms with van der Waals surface area (Å²) in [5.74, 6) is 2.24. The molecule has 0 aliphatic heterocycles. The Hall–Kier alpha value is -1.06. The van der Waals surface area contributed by atoms with Gasteiger partial charge in [-0.2, -0.15) is 0 Å². The number of hydrogen-bond acceptors (Lipinski definition) is 2. The Kier molecular flexibility index (Phi) is 8.02. The van der Waals surface area contributed by atoms with Crippen molar-refractivity contribution in [1.29, 1.82) is 0 Å². The lowest BCUT2D eigenvalue weighted by atomic mass is 9.43. The number of nitrogens with zero attached hydrogens (tertiary/aromatic N) is 2. The fourth-order valence-electron chi connectivity index (χ4n) is 12.0. The molecular weight excluding hydrogens is 492 g/mol. The first kappa shape index (κ1) is 27.8. The standard InChI is InChI=1S/C36H58N2O2/c39-33(37(29-13-5-1-6-14-29)30-15-7-2-8-16-30)35-22-27-21-28(23-35)25-36(24-27,26-35)34(40)38(31-17-9-3-10-18-31)32-19-11-4-12-20-32/h27-32H,1-26H2. The second-order valence-electron chi connectivity index (χ2n) is 16.1. The molecule has 4 heteroatoms. The third kappa shape index (κ3) is 5.08. The van der Waals surface area contributed by atoms with Gasteiger partial charge in [0, 0.05) is 24.2 Å². The molecule has 4 nitrogen and oxygen atoms in total.